The molecule has 0 spiro atoms. The van der Waals surface area contributed by atoms with Crippen LogP contribution in [0.25, 0.3) is 0 Å². The smallest absolute Gasteiger partial charge is 0.294 e. The molecule has 1 aromatic carbocycles. The average molecular weight is 344 g/mol. The summed E-state index contributed by atoms with van der Waals surface area (Å²) in [5, 5.41) is 22.1. The Hall–Kier alpha value is -2.10. The fraction of sp³-hybridized carbons (Fsp3) is 0.600. The molecule has 1 rings (SSSR count). The summed E-state index contributed by atoms with van der Waals surface area (Å²) in [5.41, 5.74) is 0. The average Bonchev–Trinajstić information content (AvgIpc) is 2.55. The molecule has 0 aliphatic carbocycles. The number of rotatable bonds is 12. The van der Waals surface area contributed by atoms with Crippen LogP contribution in [-0.2, 0) is 9.57 Å². The number of nitrogens with zero attached hydrogens (tertiary/aromatic N) is 1. The van der Waals surface area contributed by atoms with Crippen molar-refractivity contribution in [2.24, 2.45) is 0 Å². The quantitative estimate of drug-likeness (QED) is 0.328. The third-order valence-electron chi connectivity index (χ3n) is 2.87. The van der Waals surface area contributed by atoms with Crippen molar-refractivity contribution in [3.8, 4) is 11.5 Å². The van der Waals surface area contributed by atoms with Gasteiger partial charge in [0.2, 0.25) is 6.29 Å². The maximum absolute atomic E-state index is 10.2. The van der Waals surface area contributed by atoms with Crippen molar-refractivity contribution in [2.75, 3.05) is 26.9 Å². The molecule has 0 heterocycles. The van der Waals surface area contributed by atoms with E-state index in [1.54, 1.807) is 24.3 Å². The van der Waals surface area contributed by atoms with Crippen molar-refractivity contribution in [1.82, 2.24) is 5.32 Å². The lowest BCUT2D eigenvalue weighted by molar-refractivity contribution is -0.760. The number of aliphatic hydroxyl groups excluding tert-OH is 1. The van der Waals surface area contributed by atoms with Gasteiger partial charge in [-0.25, -0.2) is 0 Å². The van der Waals surface area contributed by atoms with Crippen LogP contribution in [0.15, 0.2) is 24.3 Å². The Bertz CT molecular complexity index is 481. The Balaban J connectivity index is 2.40. The summed E-state index contributed by atoms with van der Waals surface area (Å²) >= 11 is 0. The SMILES string of the molecule is COC(CO[N+](=O)[O-])Oc1ccc(OCC(O)CNC(C)C)cc1. The second-order valence-corrected chi connectivity index (χ2v) is 5.30. The Morgan fingerprint density at radius 3 is 2.38 bits per heavy atom. The largest absolute Gasteiger partial charge is 0.491 e. The lowest BCUT2D eigenvalue weighted by Crippen LogP contribution is -2.35. The molecule has 0 fully saturated rings. The molecule has 0 aromatic heterocycles. The zero-order chi connectivity index (χ0) is 17.9. The first-order valence-electron chi connectivity index (χ1n) is 7.51. The minimum atomic E-state index is -0.911. The molecule has 0 saturated carbocycles. The summed E-state index contributed by atoms with van der Waals surface area (Å²) < 4.78 is 15.8. The summed E-state index contributed by atoms with van der Waals surface area (Å²) in [6.45, 7) is 4.27. The number of hydrogen-bond acceptors (Lipinski definition) is 8. The second kappa shape index (κ2) is 10.6. The highest BCUT2D eigenvalue weighted by Crippen LogP contribution is 2.19. The maximum atomic E-state index is 10.2. The van der Waals surface area contributed by atoms with Gasteiger partial charge in [-0.1, -0.05) is 13.8 Å². The van der Waals surface area contributed by atoms with E-state index in [1.807, 2.05) is 13.8 Å². The molecular weight excluding hydrogens is 320 g/mol. The van der Waals surface area contributed by atoms with Crippen LogP contribution in [0.3, 0.4) is 0 Å². The molecule has 2 N–H and O–H groups in total. The number of nitrogens with one attached hydrogen (secondary N) is 1. The number of ether oxygens (including phenoxy) is 3. The third kappa shape index (κ3) is 8.51. The predicted octanol–water partition coefficient (Wildman–Crippen LogP) is 0.984. The molecule has 0 radical (unpaired) electrons. The minimum Gasteiger partial charge on any atom is -0.491 e. The predicted molar refractivity (Wildman–Crippen MR) is 85.5 cm³/mol. The van der Waals surface area contributed by atoms with Gasteiger partial charge in [-0.3, -0.25) is 0 Å². The minimum absolute atomic E-state index is 0.164. The highest BCUT2D eigenvalue weighted by molar-refractivity contribution is 5.31. The van der Waals surface area contributed by atoms with Crippen molar-refractivity contribution in [3.63, 3.8) is 0 Å². The van der Waals surface area contributed by atoms with E-state index in [9.17, 15) is 15.2 Å². The number of aliphatic hydroxyl groups is 1. The van der Waals surface area contributed by atoms with Gasteiger partial charge in [0.05, 0.1) is 0 Å². The summed E-state index contributed by atoms with van der Waals surface area (Å²) in [6.07, 6.45) is -1.51. The first-order chi connectivity index (χ1) is 11.4. The normalized spacial score (nSPS) is 13.4. The van der Waals surface area contributed by atoms with Crippen molar-refractivity contribution >= 4 is 0 Å². The van der Waals surface area contributed by atoms with Gasteiger partial charge in [0.1, 0.15) is 24.2 Å². The molecule has 0 bridgehead atoms. The highest BCUT2D eigenvalue weighted by Gasteiger charge is 2.12. The highest BCUT2D eigenvalue weighted by atomic mass is 17.0. The van der Waals surface area contributed by atoms with E-state index in [-0.39, 0.29) is 13.2 Å². The molecule has 2 atom stereocenters. The molecular formula is C15H24N2O7. The molecule has 0 aliphatic rings. The van der Waals surface area contributed by atoms with Gasteiger partial charge >= 0.3 is 0 Å². The van der Waals surface area contributed by atoms with E-state index in [4.69, 9.17) is 14.2 Å². The first kappa shape index (κ1) is 19.9. The van der Waals surface area contributed by atoms with Crippen LogP contribution < -0.4 is 14.8 Å². The van der Waals surface area contributed by atoms with Gasteiger partial charge in [0, 0.05) is 19.7 Å². The summed E-state index contributed by atoms with van der Waals surface area (Å²) in [4.78, 5) is 14.4. The van der Waals surface area contributed by atoms with Crippen LogP contribution in [0.1, 0.15) is 13.8 Å². The summed E-state index contributed by atoms with van der Waals surface area (Å²) in [5.74, 6) is 1.02. The topological polar surface area (TPSA) is 112 Å². The number of methoxy groups -OCH3 is 1. The molecule has 0 saturated heterocycles. The molecule has 9 heteroatoms. The van der Waals surface area contributed by atoms with Crippen LogP contribution in [0, 0.1) is 10.1 Å². The van der Waals surface area contributed by atoms with Crippen LogP contribution in [-0.4, -0.2) is 55.5 Å². The van der Waals surface area contributed by atoms with Crippen molar-refractivity contribution in [3.05, 3.63) is 34.4 Å². The first-order valence-corrected chi connectivity index (χ1v) is 7.51. The fourth-order valence-corrected chi connectivity index (χ4v) is 1.66. The Labute approximate surface area is 140 Å². The molecule has 1 aromatic rings. The van der Waals surface area contributed by atoms with E-state index in [2.05, 4.69) is 10.2 Å². The second-order valence-electron chi connectivity index (χ2n) is 5.30. The zero-order valence-electron chi connectivity index (χ0n) is 14.0. The fourth-order valence-electron chi connectivity index (χ4n) is 1.66. The third-order valence-corrected chi connectivity index (χ3v) is 2.87. The van der Waals surface area contributed by atoms with Gasteiger partial charge in [0.15, 0.2) is 6.61 Å². The van der Waals surface area contributed by atoms with Gasteiger partial charge in [0.25, 0.3) is 5.09 Å². The monoisotopic (exact) mass is 344 g/mol. The molecule has 136 valence electrons. The number of hydrogen-bond donors (Lipinski definition) is 2. The van der Waals surface area contributed by atoms with E-state index < -0.39 is 17.5 Å². The van der Waals surface area contributed by atoms with Crippen molar-refractivity contribution in [1.29, 1.82) is 0 Å². The van der Waals surface area contributed by atoms with Crippen molar-refractivity contribution in [2.45, 2.75) is 32.3 Å². The Kier molecular flexibility index (Phi) is 8.84. The van der Waals surface area contributed by atoms with Gasteiger partial charge < -0.3 is 29.5 Å². The zero-order valence-corrected chi connectivity index (χ0v) is 14.0. The summed E-state index contributed by atoms with van der Waals surface area (Å²) in [6, 6.07) is 6.89. The van der Waals surface area contributed by atoms with E-state index in [0.717, 1.165) is 0 Å². The van der Waals surface area contributed by atoms with Gasteiger partial charge in [-0.15, -0.1) is 10.1 Å². The lowest BCUT2D eigenvalue weighted by atomic mass is 10.3. The maximum Gasteiger partial charge on any atom is 0.294 e. The van der Waals surface area contributed by atoms with E-state index >= 15 is 0 Å². The van der Waals surface area contributed by atoms with E-state index in [0.29, 0.717) is 24.1 Å². The molecule has 2 unspecified atom stereocenters. The standard InChI is InChI=1S/C15H24N2O7/c1-11(2)16-8-12(18)9-22-13-4-6-14(7-5-13)24-15(21-3)10-23-17(19)20/h4-7,11-12,15-16,18H,8-10H2,1-3H3. The lowest BCUT2D eigenvalue weighted by Gasteiger charge is -2.17. The summed E-state index contributed by atoms with van der Waals surface area (Å²) in [7, 11) is 1.36. The molecule has 0 aliphatic heterocycles. The van der Waals surface area contributed by atoms with E-state index in [1.165, 1.54) is 7.11 Å². The molecule has 0 amide bonds. The Morgan fingerprint density at radius 2 is 1.83 bits per heavy atom. The molecule has 24 heavy (non-hydrogen) atoms. The van der Waals surface area contributed by atoms with Gasteiger partial charge in [-0.2, -0.15) is 0 Å². The number of benzene rings is 1. The van der Waals surface area contributed by atoms with Crippen molar-refractivity contribution < 1.29 is 29.2 Å². The van der Waals surface area contributed by atoms with Crippen LogP contribution in [0.5, 0.6) is 11.5 Å². The van der Waals surface area contributed by atoms with Crippen LogP contribution in [0.4, 0.5) is 0 Å². The van der Waals surface area contributed by atoms with Crippen LogP contribution in [0.2, 0.25) is 0 Å². The molecule has 9 nitrogen and oxygen atoms in total. The van der Waals surface area contributed by atoms with Gasteiger partial charge in [-0.05, 0) is 24.3 Å². The van der Waals surface area contributed by atoms with Crippen LogP contribution >= 0.6 is 0 Å². The Morgan fingerprint density at radius 1 is 1.21 bits per heavy atom.